The first kappa shape index (κ1) is 18.5. The number of hydrogen-bond acceptors (Lipinski definition) is 2. The number of nitrogens with one attached hydrogen (secondary N) is 2. The Balaban J connectivity index is 1.42. The Bertz CT molecular complexity index is 838. The number of aryl methyl sites for hydroxylation is 1. The topological polar surface area (TPSA) is 61.4 Å². The van der Waals surface area contributed by atoms with Gasteiger partial charge in [0.1, 0.15) is 0 Å². The van der Waals surface area contributed by atoms with Crippen LogP contribution in [0.15, 0.2) is 54.6 Å². The number of piperidine rings is 2. The van der Waals surface area contributed by atoms with E-state index < -0.39 is 0 Å². The maximum absolute atomic E-state index is 12.9. The monoisotopic (exact) mass is 377 g/mol. The summed E-state index contributed by atoms with van der Waals surface area (Å²) < 4.78 is 0. The standard InChI is InChI=1S/C23H27N3O2/c1-16-8-5-6-13-21(16)22(27)24-18-14-19-11-7-12-20(15-18)26(19)23(28)25-17-9-3-2-4-10-17/h2-6,8-10,13,18-20H,7,11-12,14-15H2,1H3,(H,24,27)(H,25,28)/t18?,19-,20+. The van der Waals surface area contributed by atoms with Crippen LogP contribution in [0.1, 0.15) is 48.0 Å². The van der Waals surface area contributed by atoms with Crippen LogP contribution in [0, 0.1) is 6.92 Å². The van der Waals surface area contributed by atoms with Crippen LogP contribution in [-0.4, -0.2) is 35.0 Å². The zero-order valence-corrected chi connectivity index (χ0v) is 16.2. The van der Waals surface area contributed by atoms with Crippen molar-refractivity contribution >= 4 is 17.6 Å². The molecule has 0 radical (unpaired) electrons. The van der Waals surface area contributed by atoms with Gasteiger partial charge in [0.2, 0.25) is 0 Å². The predicted octanol–water partition coefficient (Wildman–Crippen LogP) is 4.34. The fourth-order valence-electron chi connectivity index (χ4n) is 4.63. The fraction of sp³-hybridized carbons (Fsp3) is 0.391. The lowest BCUT2D eigenvalue weighted by molar-refractivity contribution is 0.0577. The van der Waals surface area contributed by atoms with Gasteiger partial charge in [-0.05, 0) is 62.8 Å². The van der Waals surface area contributed by atoms with Gasteiger partial charge in [0.25, 0.3) is 5.91 Å². The molecule has 2 aromatic carbocycles. The minimum atomic E-state index is -0.0235. The molecule has 146 valence electrons. The summed E-state index contributed by atoms with van der Waals surface area (Å²) in [7, 11) is 0. The number of benzene rings is 2. The number of nitrogens with zero attached hydrogens (tertiary/aromatic N) is 1. The van der Waals surface area contributed by atoms with Crippen LogP contribution >= 0.6 is 0 Å². The largest absolute Gasteiger partial charge is 0.349 e. The van der Waals surface area contributed by atoms with Crippen LogP contribution in [0.25, 0.3) is 0 Å². The second kappa shape index (κ2) is 8.05. The number of amides is 3. The van der Waals surface area contributed by atoms with Crippen molar-refractivity contribution in [3.05, 3.63) is 65.7 Å². The molecule has 2 heterocycles. The number of fused-ring (bicyclic) bond motifs is 2. The van der Waals surface area contributed by atoms with E-state index in [1.165, 1.54) is 0 Å². The van der Waals surface area contributed by atoms with Crippen LogP contribution in [0.2, 0.25) is 0 Å². The highest BCUT2D eigenvalue weighted by atomic mass is 16.2. The maximum atomic E-state index is 12.9. The average Bonchev–Trinajstić information content (AvgIpc) is 2.68. The summed E-state index contributed by atoms with van der Waals surface area (Å²) in [6.45, 7) is 1.96. The van der Waals surface area contributed by atoms with E-state index in [1.807, 2.05) is 66.4 Å². The summed E-state index contributed by atoms with van der Waals surface area (Å²) >= 11 is 0. The Hall–Kier alpha value is -2.82. The molecule has 2 bridgehead atoms. The highest BCUT2D eigenvalue weighted by molar-refractivity contribution is 5.95. The molecule has 3 atom stereocenters. The van der Waals surface area contributed by atoms with Gasteiger partial charge < -0.3 is 15.5 Å². The Morgan fingerprint density at radius 1 is 0.929 bits per heavy atom. The molecule has 2 fully saturated rings. The Morgan fingerprint density at radius 3 is 2.25 bits per heavy atom. The lowest BCUT2D eigenvalue weighted by Gasteiger charge is -2.48. The van der Waals surface area contributed by atoms with Gasteiger partial charge in [-0.1, -0.05) is 36.4 Å². The molecule has 2 aliphatic rings. The van der Waals surface area contributed by atoms with E-state index in [0.29, 0.717) is 0 Å². The first-order valence-corrected chi connectivity index (χ1v) is 10.1. The van der Waals surface area contributed by atoms with Crippen molar-refractivity contribution in [3.8, 4) is 0 Å². The smallest absolute Gasteiger partial charge is 0.322 e. The van der Waals surface area contributed by atoms with Crippen molar-refractivity contribution in [2.75, 3.05) is 5.32 Å². The molecular formula is C23H27N3O2. The number of hydrogen-bond donors (Lipinski definition) is 2. The van der Waals surface area contributed by atoms with Crippen LogP contribution in [-0.2, 0) is 0 Å². The molecule has 0 saturated carbocycles. The van der Waals surface area contributed by atoms with E-state index >= 15 is 0 Å². The Labute approximate surface area is 166 Å². The Kier molecular flexibility index (Phi) is 5.33. The molecular weight excluding hydrogens is 350 g/mol. The highest BCUT2D eigenvalue weighted by Crippen LogP contribution is 2.34. The molecule has 2 aromatic rings. The summed E-state index contributed by atoms with van der Waals surface area (Å²) in [4.78, 5) is 27.6. The maximum Gasteiger partial charge on any atom is 0.322 e. The number of rotatable bonds is 3. The van der Waals surface area contributed by atoms with E-state index in [-0.39, 0.29) is 30.1 Å². The van der Waals surface area contributed by atoms with Crippen molar-refractivity contribution < 1.29 is 9.59 Å². The number of carbonyl (C=O) groups excluding carboxylic acids is 2. The van der Waals surface area contributed by atoms with Crippen molar-refractivity contribution in [1.29, 1.82) is 0 Å². The van der Waals surface area contributed by atoms with Crippen molar-refractivity contribution in [1.82, 2.24) is 10.2 Å². The molecule has 2 N–H and O–H groups in total. The van der Waals surface area contributed by atoms with Crippen LogP contribution in [0.3, 0.4) is 0 Å². The first-order chi connectivity index (χ1) is 13.6. The third kappa shape index (κ3) is 3.88. The van der Waals surface area contributed by atoms with Gasteiger partial charge in [-0.3, -0.25) is 4.79 Å². The SMILES string of the molecule is Cc1ccccc1C(=O)NC1C[C@H]2CCC[C@@H](C1)N2C(=O)Nc1ccccc1. The molecule has 5 nitrogen and oxygen atoms in total. The number of carbonyl (C=O) groups is 2. The number of anilines is 1. The van der Waals surface area contributed by atoms with E-state index in [9.17, 15) is 9.59 Å². The minimum Gasteiger partial charge on any atom is -0.349 e. The predicted molar refractivity (Wildman–Crippen MR) is 110 cm³/mol. The summed E-state index contributed by atoms with van der Waals surface area (Å²) in [5.74, 6) is -0.0108. The second-order valence-electron chi connectivity index (χ2n) is 7.90. The highest BCUT2D eigenvalue weighted by Gasteiger charge is 2.41. The van der Waals surface area contributed by atoms with E-state index in [4.69, 9.17) is 0 Å². The molecule has 1 unspecified atom stereocenters. The van der Waals surface area contributed by atoms with Gasteiger partial charge in [-0.2, -0.15) is 0 Å². The average molecular weight is 377 g/mol. The second-order valence-corrected chi connectivity index (χ2v) is 7.90. The van der Waals surface area contributed by atoms with Gasteiger partial charge in [-0.25, -0.2) is 4.79 Å². The lowest BCUT2D eigenvalue weighted by Crippen LogP contribution is -2.59. The molecule has 5 heteroatoms. The van der Waals surface area contributed by atoms with Gasteiger partial charge >= 0.3 is 6.03 Å². The number of urea groups is 1. The van der Waals surface area contributed by atoms with Crippen LogP contribution in [0.4, 0.5) is 10.5 Å². The van der Waals surface area contributed by atoms with Gasteiger partial charge in [-0.15, -0.1) is 0 Å². The molecule has 0 spiro atoms. The molecule has 3 amide bonds. The molecule has 2 aliphatic heterocycles. The molecule has 4 rings (SSSR count). The lowest BCUT2D eigenvalue weighted by atomic mass is 9.82. The molecule has 2 saturated heterocycles. The first-order valence-electron chi connectivity index (χ1n) is 10.1. The van der Waals surface area contributed by atoms with E-state index in [0.717, 1.165) is 48.9 Å². The van der Waals surface area contributed by atoms with Gasteiger partial charge in [0.15, 0.2) is 0 Å². The van der Waals surface area contributed by atoms with E-state index in [2.05, 4.69) is 10.6 Å². The minimum absolute atomic E-state index is 0.0108. The normalized spacial score (nSPS) is 23.8. The van der Waals surface area contributed by atoms with Gasteiger partial charge in [0.05, 0.1) is 0 Å². The third-order valence-corrected chi connectivity index (χ3v) is 5.96. The summed E-state index contributed by atoms with van der Waals surface area (Å²) in [5, 5.41) is 6.25. The number of para-hydroxylation sites is 1. The summed E-state index contributed by atoms with van der Waals surface area (Å²) in [6.07, 6.45) is 4.76. The van der Waals surface area contributed by atoms with E-state index in [1.54, 1.807) is 0 Å². The third-order valence-electron chi connectivity index (χ3n) is 5.96. The van der Waals surface area contributed by atoms with Crippen LogP contribution < -0.4 is 10.6 Å². The van der Waals surface area contributed by atoms with Crippen molar-refractivity contribution in [2.24, 2.45) is 0 Å². The fourth-order valence-corrected chi connectivity index (χ4v) is 4.63. The quantitative estimate of drug-likeness (QED) is 0.836. The zero-order valence-electron chi connectivity index (χ0n) is 16.2. The van der Waals surface area contributed by atoms with Gasteiger partial charge in [0, 0.05) is 29.4 Å². The molecule has 0 aromatic heterocycles. The van der Waals surface area contributed by atoms with Crippen molar-refractivity contribution in [3.63, 3.8) is 0 Å². The zero-order chi connectivity index (χ0) is 19.5. The summed E-state index contributed by atoms with van der Waals surface area (Å²) in [6, 6.07) is 17.7. The van der Waals surface area contributed by atoms with Crippen LogP contribution in [0.5, 0.6) is 0 Å². The summed E-state index contributed by atoms with van der Waals surface area (Å²) in [5.41, 5.74) is 2.54. The molecule has 28 heavy (non-hydrogen) atoms. The van der Waals surface area contributed by atoms with Crippen molar-refractivity contribution in [2.45, 2.75) is 57.2 Å². The molecule has 0 aliphatic carbocycles. The Morgan fingerprint density at radius 2 is 1.57 bits per heavy atom.